The van der Waals surface area contributed by atoms with Crippen LogP contribution < -0.4 is 5.73 Å². The van der Waals surface area contributed by atoms with Crippen LogP contribution in [0.2, 0.25) is 0 Å². The molecule has 1 aromatic heterocycles. The first-order chi connectivity index (χ1) is 8.11. The summed E-state index contributed by atoms with van der Waals surface area (Å²) < 4.78 is 16.2. The van der Waals surface area contributed by atoms with Gasteiger partial charge in [-0.2, -0.15) is 5.10 Å². The zero-order valence-electron chi connectivity index (χ0n) is 9.45. The molecule has 0 radical (unpaired) electrons. The molecule has 2 aromatic rings. The SMILES string of the molecule is Cc1c(CN)cnn1Cc1cc(Br)ccc1F. The lowest BCUT2D eigenvalue weighted by Gasteiger charge is -2.07. The third-order valence-corrected chi connectivity index (χ3v) is 3.25. The Bertz CT molecular complexity index is 537. The summed E-state index contributed by atoms with van der Waals surface area (Å²) in [6, 6.07) is 4.89. The van der Waals surface area contributed by atoms with Crippen LogP contribution in [0.15, 0.2) is 28.9 Å². The summed E-state index contributed by atoms with van der Waals surface area (Å²) in [6.07, 6.45) is 1.73. The first-order valence-corrected chi connectivity index (χ1v) is 6.06. The van der Waals surface area contributed by atoms with Gasteiger partial charge in [-0.3, -0.25) is 4.68 Å². The number of halogens is 2. The minimum atomic E-state index is -0.225. The highest BCUT2D eigenvalue weighted by molar-refractivity contribution is 9.10. The number of nitrogens with two attached hydrogens (primary N) is 1. The lowest BCUT2D eigenvalue weighted by Crippen LogP contribution is -2.07. The van der Waals surface area contributed by atoms with Crippen molar-refractivity contribution in [2.45, 2.75) is 20.0 Å². The van der Waals surface area contributed by atoms with E-state index in [2.05, 4.69) is 21.0 Å². The highest BCUT2D eigenvalue weighted by Crippen LogP contribution is 2.17. The highest BCUT2D eigenvalue weighted by atomic mass is 79.9. The Morgan fingerprint density at radius 3 is 2.82 bits per heavy atom. The Morgan fingerprint density at radius 2 is 2.18 bits per heavy atom. The van der Waals surface area contributed by atoms with Gasteiger partial charge in [0.1, 0.15) is 5.82 Å². The van der Waals surface area contributed by atoms with Gasteiger partial charge in [0.25, 0.3) is 0 Å². The first kappa shape index (κ1) is 12.3. The molecule has 0 unspecified atom stereocenters. The van der Waals surface area contributed by atoms with Crippen molar-refractivity contribution in [1.82, 2.24) is 9.78 Å². The smallest absolute Gasteiger partial charge is 0.128 e. The Hall–Kier alpha value is -1.20. The van der Waals surface area contributed by atoms with E-state index in [9.17, 15) is 4.39 Å². The lowest BCUT2D eigenvalue weighted by molar-refractivity contribution is 0.579. The third kappa shape index (κ3) is 2.56. The molecule has 0 aliphatic heterocycles. The van der Waals surface area contributed by atoms with E-state index in [1.807, 2.05) is 6.92 Å². The van der Waals surface area contributed by atoms with E-state index in [1.165, 1.54) is 6.07 Å². The summed E-state index contributed by atoms with van der Waals surface area (Å²) in [6.45, 7) is 2.80. The summed E-state index contributed by atoms with van der Waals surface area (Å²) >= 11 is 3.33. The summed E-state index contributed by atoms with van der Waals surface area (Å²) in [5.41, 5.74) is 8.15. The van der Waals surface area contributed by atoms with Gasteiger partial charge in [0.15, 0.2) is 0 Å². The highest BCUT2D eigenvalue weighted by Gasteiger charge is 2.08. The van der Waals surface area contributed by atoms with Crippen LogP contribution in [0.5, 0.6) is 0 Å². The van der Waals surface area contributed by atoms with Crippen LogP contribution in [0.3, 0.4) is 0 Å². The van der Waals surface area contributed by atoms with Crippen molar-refractivity contribution in [3.05, 3.63) is 51.5 Å². The Labute approximate surface area is 108 Å². The number of nitrogens with zero attached hydrogens (tertiary/aromatic N) is 2. The van der Waals surface area contributed by atoms with Gasteiger partial charge < -0.3 is 5.73 Å². The molecule has 0 aliphatic rings. The maximum atomic E-state index is 13.6. The molecule has 1 aromatic carbocycles. The molecule has 0 bridgehead atoms. The predicted molar refractivity (Wildman–Crippen MR) is 68.1 cm³/mol. The van der Waals surface area contributed by atoms with E-state index in [0.29, 0.717) is 18.7 Å². The van der Waals surface area contributed by atoms with E-state index < -0.39 is 0 Å². The number of hydrogen-bond donors (Lipinski definition) is 1. The van der Waals surface area contributed by atoms with E-state index in [0.717, 1.165) is 15.7 Å². The van der Waals surface area contributed by atoms with E-state index in [-0.39, 0.29) is 5.82 Å². The van der Waals surface area contributed by atoms with Crippen LogP contribution in [0.25, 0.3) is 0 Å². The van der Waals surface area contributed by atoms with Crippen LogP contribution in [-0.4, -0.2) is 9.78 Å². The molecule has 0 atom stereocenters. The van der Waals surface area contributed by atoms with Gasteiger partial charge in [-0.15, -0.1) is 0 Å². The second-order valence-corrected chi connectivity index (χ2v) is 4.77. The Kier molecular flexibility index (Phi) is 3.59. The van der Waals surface area contributed by atoms with Crippen molar-refractivity contribution in [2.75, 3.05) is 0 Å². The molecule has 0 spiro atoms. The van der Waals surface area contributed by atoms with Gasteiger partial charge in [0.05, 0.1) is 12.7 Å². The van der Waals surface area contributed by atoms with Crippen molar-refractivity contribution < 1.29 is 4.39 Å². The van der Waals surface area contributed by atoms with Crippen LogP contribution in [0, 0.1) is 12.7 Å². The normalized spacial score (nSPS) is 10.8. The van der Waals surface area contributed by atoms with Crippen molar-refractivity contribution in [1.29, 1.82) is 0 Å². The summed E-state index contributed by atoms with van der Waals surface area (Å²) in [5, 5.41) is 4.21. The zero-order chi connectivity index (χ0) is 12.4. The van der Waals surface area contributed by atoms with Crippen molar-refractivity contribution in [3.63, 3.8) is 0 Å². The molecule has 0 amide bonds. The lowest BCUT2D eigenvalue weighted by atomic mass is 10.2. The summed E-state index contributed by atoms with van der Waals surface area (Å²) in [7, 11) is 0. The van der Waals surface area contributed by atoms with Crippen LogP contribution >= 0.6 is 15.9 Å². The molecule has 3 nitrogen and oxygen atoms in total. The molecule has 0 aliphatic carbocycles. The van der Waals surface area contributed by atoms with Gasteiger partial charge in [0.2, 0.25) is 0 Å². The van der Waals surface area contributed by atoms with Crippen molar-refractivity contribution in [2.24, 2.45) is 5.73 Å². The first-order valence-electron chi connectivity index (χ1n) is 5.27. The molecule has 90 valence electrons. The molecule has 0 saturated heterocycles. The number of benzene rings is 1. The van der Waals surface area contributed by atoms with E-state index in [4.69, 9.17) is 5.73 Å². The van der Waals surface area contributed by atoms with Gasteiger partial charge in [-0.1, -0.05) is 15.9 Å². The molecule has 5 heteroatoms. The monoisotopic (exact) mass is 297 g/mol. The van der Waals surface area contributed by atoms with Crippen LogP contribution in [-0.2, 0) is 13.1 Å². The van der Waals surface area contributed by atoms with Crippen molar-refractivity contribution in [3.8, 4) is 0 Å². The van der Waals surface area contributed by atoms with Gasteiger partial charge >= 0.3 is 0 Å². The minimum absolute atomic E-state index is 0.225. The van der Waals surface area contributed by atoms with Crippen LogP contribution in [0.1, 0.15) is 16.8 Å². The van der Waals surface area contributed by atoms with Gasteiger partial charge in [-0.05, 0) is 25.1 Å². The zero-order valence-corrected chi connectivity index (χ0v) is 11.0. The summed E-state index contributed by atoms with van der Waals surface area (Å²) in [5.74, 6) is -0.225. The Morgan fingerprint density at radius 1 is 1.41 bits per heavy atom. The average molecular weight is 298 g/mol. The van der Waals surface area contributed by atoms with E-state index >= 15 is 0 Å². The average Bonchev–Trinajstić information content (AvgIpc) is 2.65. The second-order valence-electron chi connectivity index (χ2n) is 3.85. The molecular weight excluding hydrogens is 285 g/mol. The largest absolute Gasteiger partial charge is 0.326 e. The molecular formula is C12H13BrFN3. The fraction of sp³-hybridized carbons (Fsp3) is 0.250. The molecule has 17 heavy (non-hydrogen) atoms. The number of aromatic nitrogens is 2. The maximum Gasteiger partial charge on any atom is 0.128 e. The molecule has 1 heterocycles. The topological polar surface area (TPSA) is 43.8 Å². The standard InChI is InChI=1S/C12H13BrFN3/c1-8-10(5-15)6-16-17(8)7-9-4-11(13)2-3-12(9)14/h2-4,6H,5,7,15H2,1H3. The minimum Gasteiger partial charge on any atom is -0.326 e. The fourth-order valence-corrected chi connectivity index (χ4v) is 2.08. The quantitative estimate of drug-likeness (QED) is 0.946. The molecule has 2 N–H and O–H groups in total. The van der Waals surface area contributed by atoms with Crippen molar-refractivity contribution >= 4 is 15.9 Å². The van der Waals surface area contributed by atoms with Crippen LogP contribution in [0.4, 0.5) is 4.39 Å². The number of hydrogen-bond acceptors (Lipinski definition) is 2. The third-order valence-electron chi connectivity index (χ3n) is 2.75. The fourth-order valence-electron chi connectivity index (χ4n) is 1.67. The predicted octanol–water partition coefficient (Wildman–Crippen LogP) is 2.60. The summed E-state index contributed by atoms with van der Waals surface area (Å²) in [4.78, 5) is 0. The molecule has 0 fully saturated rings. The number of rotatable bonds is 3. The van der Waals surface area contributed by atoms with Gasteiger partial charge in [-0.25, -0.2) is 4.39 Å². The molecule has 2 rings (SSSR count). The maximum absolute atomic E-state index is 13.6. The Balaban J connectivity index is 2.31. The second kappa shape index (κ2) is 4.98. The molecule has 0 saturated carbocycles. The van der Waals surface area contributed by atoms with Gasteiger partial charge in [0, 0.05) is 27.8 Å². The van der Waals surface area contributed by atoms with E-state index in [1.54, 1.807) is 23.0 Å².